The Morgan fingerprint density at radius 2 is 1.57 bits per heavy atom. The van der Waals surface area contributed by atoms with Gasteiger partial charge in [-0.1, -0.05) is 48.0 Å². The number of aromatic nitrogens is 2. The molecule has 1 fully saturated rings. The monoisotopic (exact) mass is 373 g/mol. The van der Waals surface area contributed by atoms with Crippen LogP contribution in [0.3, 0.4) is 0 Å². The summed E-state index contributed by atoms with van der Waals surface area (Å²) in [5.41, 5.74) is 4.79. The summed E-state index contributed by atoms with van der Waals surface area (Å²) in [6.45, 7) is 8.79. The summed E-state index contributed by atoms with van der Waals surface area (Å²) in [7, 11) is 0. The summed E-state index contributed by atoms with van der Waals surface area (Å²) in [5.74, 6) is 1.70. The first-order valence-electron chi connectivity index (χ1n) is 9.87. The topological polar surface area (TPSA) is 44.3 Å². The van der Waals surface area contributed by atoms with Gasteiger partial charge in [-0.15, -0.1) is 0 Å². The van der Waals surface area contributed by atoms with Crippen molar-refractivity contribution in [1.29, 1.82) is 0 Å². The number of para-hydroxylation sites is 1. The van der Waals surface area contributed by atoms with Crippen LogP contribution in [0.25, 0.3) is 0 Å². The molecular weight excluding hydrogens is 346 g/mol. The average Bonchev–Trinajstić information content (AvgIpc) is 2.73. The normalized spacial score (nSPS) is 14.2. The second-order valence-corrected chi connectivity index (χ2v) is 7.34. The first-order valence-corrected chi connectivity index (χ1v) is 9.87. The second-order valence-electron chi connectivity index (χ2n) is 7.34. The zero-order valence-corrected chi connectivity index (χ0v) is 16.6. The number of hydrogen-bond donors (Lipinski definition) is 1. The first kappa shape index (κ1) is 18.3. The fourth-order valence-electron chi connectivity index (χ4n) is 3.63. The van der Waals surface area contributed by atoms with Gasteiger partial charge in [0.1, 0.15) is 5.82 Å². The van der Waals surface area contributed by atoms with Gasteiger partial charge >= 0.3 is 0 Å². The van der Waals surface area contributed by atoms with Crippen molar-refractivity contribution in [3.05, 3.63) is 77.5 Å². The second kappa shape index (κ2) is 8.30. The number of nitrogens with one attached hydrogen (secondary N) is 1. The van der Waals surface area contributed by atoms with Crippen molar-refractivity contribution in [3.63, 3.8) is 0 Å². The molecule has 0 atom stereocenters. The molecule has 0 saturated carbocycles. The summed E-state index contributed by atoms with van der Waals surface area (Å²) >= 11 is 0. The molecule has 5 nitrogen and oxygen atoms in total. The Bertz CT molecular complexity index is 917. The molecule has 4 rings (SSSR count). The largest absolute Gasteiger partial charge is 0.368 e. The highest BCUT2D eigenvalue weighted by Crippen LogP contribution is 2.20. The molecule has 1 aromatic heterocycles. The SMILES string of the molecule is Cc1cccc(CNc2nc(C)cc(N3CCN(c4ccccc4)CC3)n2)c1. The number of hydrogen-bond acceptors (Lipinski definition) is 5. The predicted octanol–water partition coefficient (Wildman–Crippen LogP) is 4.03. The van der Waals surface area contributed by atoms with Crippen LogP contribution in [0.5, 0.6) is 0 Å². The Labute approximate surface area is 167 Å². The van der Waals surface area contributed by atoms with Crippen molar-refractivity contribution < 1.29 is 0 Å². The van der Waals surface area contributed by atoms with Crippen molar-refractivity contribution in [2.45, 2.75) is 20.4 Å². The lowest BCUT2D eigenvalue weighted by atomic mass is 10.1. The van der Waals surface area contributed by atoms with Crippen LogP contribution in [0.2, 0.25) is 0 Å². The zero-order valence-electron chi connectivity index (χ0n) is 16.6. The summed E-state index contributed by atoms with van der Waals surface area (Å²) in [4.78, 5) is 14.1. The number of anilines is 3. The van der Waals surface area contributed by atoms with Crippen LogP contribution in [-0.2, 0) is 6.54 Å². The molecule has 0 bridgehead atoms. The van der Waals surface area contributed by atoms with Gasteiger partial charge in [0.15, 0.2) is 0 Å². The molecule has 3 aromatic rings. The van der Waals surface area contributed by atoms with Gasteiger partial charge in [-0.25, -0.2) is 4.98 Å². The van der Waals surface area contributed by atoms with Gasteiger partial charge in [0.25, 0.3) is 0 Å². The van der Waals surface area contributed by atoms with E-state index in [0.29, 0.717) is 5.95 Å². The number of aryl methyl sites for hydroxylation is 2. The van der Waals surface area contributed by atoms with E-state index in [0.717, 1.165) is 44.2 Å². The van der Waals surface area contributed by atoms with E-state index >= 15 is 0 Å². The summed E-state index contributed by atoms with van der Waals surface area (Å²) in [6.07, 6.45) is 0. The third-order valence-corrected chi connectivity index (χ3v) is 5.10. The molecule has 0 unspecified atom stereocenters. The highest BCUT2D eigenvalue weighted by atomic mass is 15.3. The Hall–Kier alpha value is -3.08. The number of rotatable bonds is 5. The number of piperazine rings is 1. The Morgan fingerprint density at radius 3 is 2.32 bits per heavy atom. The van der Waals surface area contributed by atoms with Crippen molar-refractivity contribution in [2.24, 2.45) is 0 Å². The minimum absolute atomic E-state index is 0.696. The van der Waals surface area contributed by atoms with Crippen LogP contribution >= 0.6 is 0 Å². The van der Waals surface area contributed by atoms with Gasteiger partial charge in [0.05, 0.1) is 0 Å². The minimum atomic E-state index is 0.696. The van der Waals surface area contributed by atoms with E-state index in [1.165, 1.54) is 16.8 Å². The molecule has 0 radical (unpaired) electrons. The number of nitrogens with zero attached hydrogens (tertiary/aromatic N) is 4. The fraction of sp³-hybridized carbons (Fsp3) is 0.304. The maximum absolute atomic E-state index is 4.78. The van der Waals surface area contributed by atoms with Gasteiger partial charge in [-0.2, -0.15) is 4.98 Å². The van der Waals surface area contributed by atoms with Crippen LogP contribution in [-0.4, -0.2) is 36.1 Å². The molecule has 1 aliphatic heterocycles. The van der Waals surface area contributed by atoms with Crippen molar-refractivity contribution in [3.8, 4) is 0 Å². The maximum atomic E-state index is 4.78. The van der Waals surface area contributed by atoms with Gasteiger partial charge < -0.3 is 15.1 Å². The van der Waals surface area contributed by atoms with E-state index in [2.05, 4.69) is 87.7 Å². The highest BCUT2D eigenvalue weighted by Gasteiger charge is 2.19. The Morgan fingerprint density at radius 1 is 0.821 bits per heavy atom. The maximum Gasteiger partial charge on any atom is 0.225 e. The average molecular weight is 374 g/mol. The molecule has 1 aliphatic rings. The summed E-state index contributed by atoms with van der Waals surface area (Å²) < 4.78 is 0. The Kier molecular flexibility index (Phi) is 5.42. The predicted molar refractivity (Wildman–Crippen MR) is 116 cm³/mol. The smallest absolute Gasteiger partial charge is 0.225 e. The molecule has 5 heteroatoms. The lowest BCUT2D eigenvalue weighted by Crippen LogP contribution is -2.46. The van der Waals surface area contributed by atoms with Gasteiger partial charge in [0.2, 0.25) is 5.95 Å². The summed E-state index contributed by atoms with van der Waals surface area (Å²) in [6, 6.07) is 21.2. The van der Waals surface area contributed by atoms with Crippen LogP contribution in [0, 0.1) is 13.8 Å². The lowest BCUT2D eigenvalue weighted by Gasteiger charge is -2.36. The third-order valence-electron chi connectivity index (χ3n) is 5.10. The zero-order chi connectivity index (χ0) is 19.3. The van der Waals surface area contributed by atoms with Crippen LogP contribution in [0.15, 0.2) is 60.7 Å². The van der Waals surface area contributed by atoms with E-state index in [4.69, 9.17) is 4.98 Å². The fourth-order valence-corrected chi connectivity index (χ4v) is 3.63. The molecule has 0 spiro atoms. The molecule has 144 valence electrons. The molecule has 2 heterocycles. The molecule has 0 aliphatic carbocycles. The molecule has 1 saturated heterocycles. The molecule has 0 amide bonds. The molecule has 1 N–H and O–H groups in total. The van der Waals surface area contributed by atoms with E-state index in [-0.39, 0.29) is 0 Å². The minimum Gasteiger partial charge on any atom is -0.368 e. The van der Waals surface area contributed by atoms with E-state index in [1.54, 1.807) is 0 Å². The van der Waals surface area contributed by atoms with Gasteiger partial charge in [-0.05, 0) is 31.5 Å². The van der Waals surface area contributed by atoms with Gasteiger partial charge in [0, 0.05) is 50.2 Å². The summed E-state index contributed by atoms with van der Waals surface area (Å²) in [5, 5.41) is 3.38. The number of benzene rings is 2. The Balaban J connectivity index is 1.41. The standard InChI is InChI=1S/C23H27N5/c1-18-7-6-8-20(15-18)17-24-23-25-19(2)16-22(26-23)28-13-11-27(12-14-28)21-9-4-3-5-10-21/h3-10,15-16H,11-14,17H2,1-2H3,(H,24,25,26). The first-order chi connectivity index (χ1) is 13.7. The van der Waals surface area contributed by atoms with E-state index in [1.807, 2.05) is 6.92 Å². The van der Waals surface area contributed by atoms with Crippen LogP contribution < -0.4 is 15.1 Å². The van der Waals surface area contributed by atoms with E-state index < -0.39 is 0 Å². The lowest BCUT2D eigenvalue weighted by molar-refractivity contribution is 0.646. The van der Waals surface area contributed by atoms with Crippen molar-refractivity contribution in [1.82, 2.24) is 9.97 Å². The highest BCUT2D eigenvalue weighted by molar-refractivity contribution is 5.50. The molecule has 28 heavy (non-hydrogen) atoms. The van der Waals surface area contributed by atoms with Crippen LogP contribution in [0.1, 0.15) is 16.8 Å². The quantitative estimate of drug-likeness (QED) is 0.731. The molecule has 2 aromatic carbocycles. The van der Waals surface area contributed by atoms with Crippen molar-refractivity contribution >= 4 is 17.5 Å². The van der Waals surface area contributed by atoms with Crippen LogP contribution in [0.4, 0.5) is 17.5 Å². The molecular formula is C23H27N5. The van der Waals surface area contributed by atoms with Gasteiger partial charge in [-0.3, -0.25) is 0 Å². The van der Waals surface area contributed by atoms with Crippen molar-refractivity contribution in [2.75, 3.05) is 41.3 Å². The van der Waals surface area contributed by atoms with E-state index in [9.17, 15) is 0 Å². The third kappa shape index (κ3) is 4.42.